The average Bonchev–Trinajstić information content (AvgIpc) is 2.15. The van der Waals surface area contributed by atoms with E-state index in [0.29, 0.717) is 6.04 Å². The van der Waals surface area contributed by atoms with Crippen LogP contribution in [0.1, 0.15) is 32.6 Å². The third-order valence-electron chi connectivity index (χ3n) is 1.69. The summed E-state index contributed by atoms with van der Waals surface area (Å²) in [6, 6.07) is 0.363. The van der Waals surface area contributed by atoms with E-state index in [0.717, 1.165) is 12.8 Å². The van der Waals surface area contributed by atoms with E-state index in [1.54, 1.807) is 0 Å². The molecule has 1 aliphatic carbocycles. The zero-order valence-corrected chi connectivity index (χ0v) is 5.76. The molecule has 0 spiro atoms. The maximum Gasteiger partial charge on any atom is 0.238 e. The molecule has 0 saturated heterocycles. The number of hydrogen-bond donors (Lipinski definition) is 0. The van der Waals surface area contributed by atoms with E-state index in [4.69, 9.17) is 0 Å². The molecule has 1 radical (unpaired) electrons. The Balaban J connectivity index is 2.19. The molecule has 0 atom stereocenters. The van der Waals surface area contributed by atoms with Crippen LogP contribution in [-0.2, 0) is 4.79 Å². The van der Waals surface area contributed by atoms with Crippen LogP contribution < -0.4 is 5.32 Å². The van der Waals surface area contributed by atoms with Crippen LogP contribution in [0.4, 0.5) is 0 Å². The molecule has 0 unspecified atom stereocenters. The Morgan fingerprint density at radius 2 is 2.00 bits per heavy atom. The molecule has 1 fully saturated rings. The number of carbonyl (C=O) groups excluding carboxylic acids is 1. The molecule has 9 heavy (non-hydrogen) atoms. The zero-order valence-electron chi connectivity index (χ0n) is 5.76. The Hall–Kier alpha value is -0.530. The molecule has 1 amide bonds. The summed E-state index contributed by atoms with van der Waals surface area (Å²) in [4.78, 5) is 10.4. The van der Waals surface area contributed by atoms with Gasteiger partial charge >= 0.3 is 0 Å². The fourth-order valence-electron chi connectivity index (χ4n) is 1.29. The average molecular weight is 126 g/mol. The number of rotatable bonds is 1. The normalized spacial score (nSPS) is 20.1. The fourth-order valence-corrected chi connectivity index (χ4v) is 1.29. The van der Waals surface area contributed by atoms with Crippen molar-refractivity contribution >= 4 is 5.91 Å². The predicted octanol–water partition coefficient (Wildman–Crippen LogP) is 1.08. The smallest absolute Gasteiger partial charge is 0.238 e. The van der Waals surface area contributed by atoms with Crippen molar-refractivity contribution in [2.45, 2.75) is 38.6 Å². The van der Waals surface area contributed by atoms with Gasteiger partial charge in [-0.2, -0.15) is 0 Å². The summed E-state index contributed by atoms with van der Waals surface area (Å²) in [5, 5.41) is 3.94. The third-order valence-corrected chi connectivity index (χ3v) is 1.69. The zero-order chi connectivity index (χ0) is 6.69. The highest BCUT2D eigenvalue weighted by molar-refractivity contribution is 5.72. The minimum atomic E-state index is -0.0121. The number of hydrogen-bond acceptors (Lipinski definition) is 1. The van der Waals surface area contributed by atoms with Crippen LogP contribution in [0, 0.1) is 0 Å². The minimum absolute atomic E-state index is 0.0121. The van der Waals surface area contributed by atoms with Crippen molar-refractivity contribution in [3.63, 3.8) is 0 Å². The van der Waals surface area contributed by atoms with Crippen molar-refractivity contribution in [2.75, 3.05) is 0 Å². The van der Waals surface area contributed by atoms with Crippen molar-refractivity contribution < 1.29 is 4.79 Å². The Labute approximate surface area is 55.6 Å². The number of carbonyl (C=O) groups is 1. The first-order valence-electron chi connectivity index (χ1n) is 3.50. The van der Waals surface area contributed by atoms with Gasteiger partial charge < -0.3 is 0 Å². The van der Waals surface area contributed by atoms with Gasteiger partial charge in [-0.05, 0) is 12.8 Å². The van der Waals surface area contributed by atoms with Gasteiger partial charge in [0.15, 0.2) is 0 Å². The van der Waals surface area contributed by atoms with Crippen molar-refractivity contribution in [3.05, 3.63) is 0 Å². The van der Waals surface area contributed by atoms with E-state index in [1.165, 1.54) is 19.8 Å². The van der Waals surface area contributed by atoms with Gasteiger partial charge in [0, 0.05) is 6.92 Å². The molecule has 1 saturated carbocycles. The van der Waals surface area contributed by atoms with Crippen LogP contribution in [-0.4, -0.2) is 11.9 Å². The fraction of sp³-hybridized carbons (Fsp3) is 0.857. The Morgan fingerprint density at radius 3 is 2.44 bits per heavy atom. The van der Waals surface area contributed by atoms with Gasteiger partial charge in [0.1, 0.15) is 0 Å². The second-order valence-corrected chi connectivity index (χ2v) is 2.59. The van der Waals surface area contributed by atoms with Crippen molar-refractivity contribution in [1.29, 1.82) is 0 Å². The molecule has 0 aromatic rings. The second-order valence-electron chi connectivity index (χ2n) is 2.59. The first kappa shape index (κ1) is 6.59. The summed E-state index contributed by atoms with van der Waals surface area (Å²) in [7, 11) is 0. The largest absolute Gasteiger partial charge is 0.273 e. The summed E-state index contributed by atoms with van der Waals surface area (Å²) in [6.07, 6.45) is 4.75. The molecular formula is C7H12NO. The highest BCUT2D eigenvalue weighted by Gasteiger charge is 2.16. The number of nitrogens with zero attached hydrogens (tertiary/aromatic N) is 1. The SMILES string of the molecule is CC(=O)[N]C1CCCC1. The van der Waals surface area contributed by atoms with Gasteiger partial charge in [0.25, 0.3) is 0 Å². The van der Waals surface area contributed by atoms with Gasteiger partial charge in [0.2, 0.25) is 5.91 Å². The van der Waals surface area contributed by atoms with E-state index in [-0.39, 0.29) is 5.91 Å². The number of amides is 1. The molecule has 2 heteroatoms. The molecule has 0 aliphatic heterocycles. The van der Waals surface area contributed by atoms with E-state index in [2.05, 4.69) is 5.32 Å². The van der Waals surface area contributed by atoms with Gasteiger partial charge in [-0.15, -0.1) is 0 Å². The van der Waals surface area contributed by atoms with Gasteiger partial charge in [-0.3, -0.25) is 4.79 Å². The van der Waals surface area contributed by atoms with Gasteiger partial charge in [-0.25, -0.2) is 5.32 Å². The topological polar surface area (TPSA) is 31.2 Å². The van der Waals surface area contributed by atoms with E-state index in [9.17, 15) is 4.79 Å². The molecule has 0 heterocycles. The van der Waals surface area contributed by atoms with Crippen LogP contribution in [0.25, 0.3) is 0 Å². The molecule has 1 aliphatic rings. The summed E-state index contributed by atoms with van der Waals surface area (Å²) >= 11 is 0. The minimum Gasteiger partial charge on any atom is -0.273 e. The van der Waals surface area contributed by atoms with E-state index >= 15 is 0 Å². The first-order chi connectivity index (χ1) is 4.29. The van der Waals surface area contributed by atoms with Crippen LogP contribution in [0.3, 0.4) is 0 Å². The highest BCUT2D eigenvalue weighted by atomic mass is 16.1. The molecule has 0 aromatic carbocycles. The van der Waals surface area contributed by atoms with Gasteiger partial charge in [-0.1, -0.05) is 12.8 Å². The second kappa shape index (κ2) is 2.85. The van der Waals surface area contributed by atoms with Crippen LogP contribution in [0.15, 0.2) is 0 Å². The molecule has 0 aromatic heterocycles. The lowest BCUT2D eigenvalue weighted by Crippen LogP contribution is -2.22. The summed E-state index contributed by atoms with van der Waals surface area (Å²) in [5.41, 5.74) is 0. The molecule has 2 nitrogen and oxygen atoms in total. The Kier molecular flexibility index (Phi) is 2.09. The molecule has 1 rings (SSSR count). The molecule has 0 bridgehead atoms. The summed E-state index contributed by atoms with van der Waals surface area (Å²) in [5.74, 6) is -0.0121. The van der Waals surface area contributed by atoms with E-state index < -0.39 is 0 Å². The van der Waals surface area contributed by atoms with Crippen LogP contribution in [0.2, 0.25) is 0 Å². The van der Waals surface area contributed by atoms with Crippen molar-refractivity contribution in [2.24, 2.45) is 0 Å². The van der Waals surface area contributed by atoms with Gasteiger partial charge in [0.05, 0.1) is 6.04 Å². The Morgan fingerprint density at radius 1 is 1.44 bits per heavy atom. The standard InChI is InChI=1S/C7H12NO/c1-6(9)8-7-4-2-3-5-7/h7H,2-5H2,1H3. The summed E-state index contributed by atoms with van der Waals surface area (Å²) < 4.78 is 0. The van der Waals surface area contributed by atoms with Crippen LogP contribution >= 0.6 is 0 Å². The van der Waals surface area contributed by atoms with E-state index in [1.807, 2.05) is 0 Å². The molecule has 0 N–H and O–H groups in total. The third kappa shape index (κ3) is 2.04. The maximum atomic E-state index is 10.4. The molecular weight excluding hydrogens is 114 g/mol. The monoisotopic (exact) mass is 126 g/mol. The van der Waals surface area contributed by atoms with Crippen LogP contribution in [0.5, 0.6) is 0 Å². The predicted molar refractivity (Wildman–Crippen MR) is 35.1 cm³/mol. The van der Waals surface area contributed by atoms with Crippen molar-refractivity contribution in [3.8, 4) is 0 Å². The quantitative estimate of drug-likeness (QED) is 0.517. The molecule has 51 valence electrons. The first-order valence-corrected chi connectivity index (χ1v) is 3.50. The lowest BCUT2D eigenvalue weighted by molar-refractivity contribution is -0.119. The van der Waals surface area contributed by atoms with Crippen molar-refractivity contribution in [1.82, 2.24) is 5.32 Å². The highest BCUT2D eigenvalue weighted by Crippen LogP contribution is 2.18. The maximum absolute atomic E-state index is 10.4. The lowest BCUT2D eigenvalue weighted by atomic mass is 10.2. The summed E-state index contributed by atoms with van der Waals surface area (Å²) in [6.45, 7) is 1.53. The Bertz CT molecular complexity index is 105. The lowest BCUT2D eigenvalue weighted by Gasteiger charge is -2.03.